The molecule has 4 nitrogen and oxygen atoms in total. The largest absolute Gasteiger partial charge is 0.398 e. The molecule has 0 aliphatic heterocycles. The van der Waals surface area contributed by atoms with Gasteiger partial charge in [-0.05, 0) is 42.3 Å². The Bertz CT molecular complexity index is 599. The SMILES string of the molecule is Cc1c(N)cc(Br)cc1C(=O)NCc1ccncc1. The van der Waals surface area contributed by atoms with Gasteiger partial charge in [-0.2, -0.15) is 0 Å². The fourth-order valence-electron chi connectivity index (χ4n) is 1.71. The Kier molecular flexibility index (Phi) is 4.16. The summed E-state index contributed by atoms with van der Waals surface area (Å²) in [7, 11) is 0. The Hall–Kier alpha value is -1.88. The molecular formula is C14H14BrN3O. The monoisotopic (exact) mass is 319 g/mol. The number of halogens is 1. The molecule has 1 heterocycles. The van der Waals surface area contributed by atoms with Gasteiger partial charge in [-0.25, -0.2) is 0 Å². The van der Waals surface area contributed by atoms with E-state index >= 15 is 0 Å². The molecule has 0 aliphatic rings. The van der Waals surface area contributed by atoms with Gasteiger partial charge in [-0.1, -0.05) is 15.9 Å². The number of rotatable bonds is 3. The fourth-order valence-corrected chi connectivity index (χ4v) is 2.19. The predicted octanol–water partition coefficient (Wildman–Crippen LogP) is 2.66. The number of pyridine rings is 1. The highest BCUT2D eigenvalue weighted by Crippen LogP contribution is 2.22. The van der Waals surface area contributed by atoms with E-state index in [0.717, 1.165) is 15.6 Å². The number of nitrogens with one attached hydrogen (secondary N) is 1. The molecule has 0 radical (unpaired) electrons. The van der Waals surface area contributed by atoms with Gasteiger partial charge in [0, 0.05) is 34.7 Å². The summed E-state index contributed by atoms with van der Waals surface area (Å²) in [5.74, 6) is -0.137. The number of hydrogen-bond donors (Lipinski definition) is 2. The number of aromatic nitrogens is 1. The number of nitrogens with zero attached hydrogens (tertiary/aromatic N) is 1. The van der Waals surface area contributed by atoms with Gasteiger partial charge >= 0.3 is 0 Å². The smallest absolute Gasteiger partial charge is 0.251 e. The number of anilines is 1. The van der Waals surface area contributed by atoms with Gasteiger partial charge in [0.1, 0.15) is 0 Å². The summed E-state index contributed by atoms with van der Waals surface area (Å²) >= 11 is 3.34. The van der Waals surface area contributed by atoms with Crippen LogP contribution in [0.4, 0.5) is 5.69 Å². The van der Waals surface area contributed by atoms with Crippen LogP contribution in [0.3, 0.4) is 0 Å². The molecule has 0 bridgehead atoms. The van der Waals surface area contributed by atoms with Crippen LogP contribution in [0, 0.1) is 6.92 Å². The minimum Gasteiger partial charge on any atom is -0.398 e. The third-order valence-electron chi connectivity index (χ3n) is 2.86. The van der Waals surface area contributed by atoms with E-state index in [9.17, 15) is 4.79 Å². The molecule has 0 atom stereocenters. The van der Waals surface area contributed by atoms with Crippen LogP contribution in [-0.2, 0) is 6.54 Å². The maximum Gasteiger partial charge on any atom is 0.251 e. The number of carbonyl (C=O) groups is 1. The molecule has 0 saturated heterocycles. The van der Waals surface area contributed by atoms with Crippen molar-refractivity contribution in [3.8, 4) is 0 Å². The third-order valence-corrected chi connectivity index (χ3v) is 3.32. The third kappa shape index (κ3) is 3.32. The number of carbonyl (C=O) groups excluding carboxylic acids is 1. The van der Waals surface area contributed by atoms with Crippen molar-refractivity contribution in [2.45, 2.75) is 13.5 Å². The van der Waals surface area contributed by atoms with Crippen molar-refractivity contribution < 1.29 is 4.79 Å². The van der Waals surface area contributed by atoms with E-state index < -0.39 is 0 Å². The minimum atomic E-state index is -0.137. The first-order chi connectivity index (χ1) is 9.08. The predicted molar refractivity (Wildman–Crippen MR) is 78.7 cm³/mol. The van der Waals surface area contributed by atoms with Gasteiger partial charge in [0.25, 0.3) is 5.91 Å². The Labute approximate surface area is 120 Å². The molecule has 1 aromatic heterocycles. The average molecular weight is 320 g/mol. The Morgan fingerprint density at radius 1 is 1.37 bits per heavy atom. The van der Waals surface area contributed by atoms with E-state index in [4.69, 9.17) is 5.73 Å². The van der Waals surface area contributed by atoms with Crippen molar-refractivity contribution in [3.05, 3.63) is 57.8 Å². The first-order valence-electron chi connectivity index (χ1n) is 5.80. The molecule has 0 spiro atoms. The van der Waals surface area contributed by atoms with E-state index in [1.54, 1.807) is 24.5 Å². The Morgan fingerprint density at radius 2 is 2.05 bits per heavy atom. The van der Waals surface area contributed by atoms with E-state index in [-0.39, 0.29) is 5.91 Å². The van der Waals surface area contributed by atoms with E-state index in [2.05, 4.69) is 26.2 Å². The summed E-state index contributed by atoms with van der Waals surface area (Å²) in [5, 5.41) is 2.87. The second-order valence-electron chi connectivity index (χ2n) is 4.21. The molecule has 0 saturated carbocycles. The first kappa shape index (κ1) is 13.5. The summed E-state index contributed by atoms with van der Waals surface area (Å²) in [6, 6.07) is 7.29. The molecule has 19 heavy (non-hydrogen) atoms. The first-order valence-corrected chi connectivity index (χ1v) is 6.60. The summed E-state index contributed by atoms with van der Waals surface area (Å²) in [4.78, 5) is 16.1. The normalized spacial score (nSPS) is 10.2. The van der Waals surface area contributed by atoms with Crippen LogP contribution < -0.4 is 11.1 Å². The van der Waals surface area contributed by atoms with E-state index in [1.807, 2.05) is 19.1 Å². The van der Waals surface area contributed by atoms with Gasteiger partial charge < -0.3 is 11.1 Å². The zero-order chi connectivity index (χ0) is 13.8. The molecule has 0 fully saturated rings. The van der Waals surface area contributed by atoms with Gasteiger partial charge in [-0.15, -0.1) is 0 Å². The minimum absolute atomic E-state index is 0.137. The average Bonchev–Trinajstić information content (AvgIpc) is 2.41. The van der Waals surface area contributed by atoms with Crippen LogP contribution in [0.1, 0.15) is 21.5 Å². The van der Waals surface area contributed by atoms with Crippen LogP contribution in [0.15, 0.2) is 41.1 Å². The molecule has 2 aromatic rings. The highest BCUT2D eigenvalue weighted by atomic mass is 79.9. The fraction of sp³-hybridized carbons (Fsp3) is 0.143. The zero-order valence-electron chi connectivity index (χ0n) is 10.5. The van der Waals surface area contributed by atoms with Crippen LogP contribution >= 0.6 is 15.9 Å². The molecule has 1 aromatic carbocycles. The van der Waals surface area contributed by atoms with Crippen LogP contribution in [0.25, 0.3) is 0 Å². The summed E-state index contributed by atoms with van der Waals surface area (Å²) in [6.45, 7) is 2.30. The molecule has 0 unspecified atom stereocenters. The lowest BCUT2D eigenvalue weighted by Crippen LogP contribution is -2.24. The van der Waals surface area contributed by atoms with E-state index in [0.29, 0.717) is 17.8 Å². The van der Waals surface area contributed by atoms with E-state index in [1.165, 1.54) is 0 Å². The molecule has 3 N–H and O–H groups in total. The Balaban J connectivity index is 2.13. The number of amides is 1. The topological polar surface area (TPSA) is 68.0 Å². The second-order valence-corrected chi connectivity index (χ2v) is 5.12. The maximum atomic E-state index is 12.1. The number of nitrogens with two attached hydrogens (primary N) is 1. The molecule has 5 heteroatoms. The molecule has 98 valence electrons. The lowest BCUT2D eigenvalue weighted by Gasteiger charge is -2.10. The molecule has 0 aliphatic carbocycles. The summed E-state index contributed by atoms with van der Waals surface area (Å²) < 4.78 is 0.796. The highest BCUT2D eigenvalue weighted by Gasteiger charge is 2.11. The molecular weight excluding hydrogens is 306 g/mol. The lowest BCUT2D eigenvalue weighted by atomic mass is 10.1. The van der Waals surface area contributed by atoms with Gasteiger partial charge in [-0.3, -0.25) is 9.78 Å². The summed E-state index contributed by atoms with van der Waals surface area (Å²) in [5.41, 5.74) is 8.82. The Morgan fingerprint density at radius 3 is 2.74 bits per heavy atom. The van der Waals surface area contributed by atoms with Gasteiger partial charge in [0.2, 0.25) is 0 Å². The van der Waals surface area contributed by atoms with Crippen LogP contribution in [-0.4, -0.2) is 10.9 Å². The van der Waals surface area contributed by atoms with Crippen molar-refractivity contribution in [1.82, 2.24) is 10.3 Å². The number of hydrogen-bond acceptors (Lipinski definition) is 3. The van der Waals surface area contributed by atoms with Crippen molar-refractivity contribution in [1.29, 1.82) is 0 Å². The molecule has 2 rings (SSSR count). The van der Waals surface area contributed by atoms with Crippen molar-refractivity contribution in [3.63, 3.8) is 0 Å². The zero-order valence-corrected chi connectivity index (χ0v) is 12.1. The number of nitrogen functional groups attached to an aromatic ring is 1. The van der Waals surface area contributed by atoms with Crippen LogP contribution in [0.2, 0.25) is 0 Å². The van der Waals surface area contributed by atoms with Crippen molar-refractivity contribution >= 4 is 27.5 Å². The maximum absolute atomic E-state index is 12.1. The summed E-state index contributed by atoms with van der Waals surface area (Å²) in [6.07, 6.45) is 3.40. The standard InChI is InChI=1S/C14H14BrN3O/c1-9-12(6-11(15)7-13(9)16)14(19)18-8-10-2-4-17-5-3-10/h2-7H,8,16H2,1H3,(H,18,19). The van der Waals surface area contributed by atoms with Crippen LogP contribution in [0.5, 0.6) is 0 Å². The number of benzene rings is 1. The quantitative estimate of drug-likeness (QED) is 0.855. The van der Waals surface area contributed by atoms with Crippen molar-refractivity contribution in [2.24, 2.45) is 0 Å². The lowest BCUT2D eigenvalue weighted by molar-refractivity contribution is 0.0950. The second kappa shape index (κ2) is 5.84. The van der Waals surface area contributed by atoms with Crippen molar-refractivity contribution in [2.75, 3.05) is 5.73 Å². The highest BCUT2D eigenvalue weighted by molar-refractivity contribution is 9.10. The molecule has 1 amide bonds. The van der Waals surface area contributed by atoms with Gasteiger partial charge in [0.05, 0.1) is 0 Å². The van der Waals surface area contributed by atoms with Gasteiger partial charge in [0.15, 0.2) is 0 Å².